The standard InChI is InChI=1S/C39H33N3O5/c1-2-17-47-21-13-11-20(12-14-21)41-35(43)33-30-24-7-3-5-9-28(24)39(34(33)38(41)46,29-10-6-4-8-25(29)30)19-40-42-36(44)31-22-15-16-23(27-18-26(22)27)32(31)37(42)45/h3-16,19,22-23,26-27,30-34H,2,17-18H2,1H3/b40-19-/t22-,23-,26-,27+,30?,31+,32+,33+,34-,39?/m0/s1. The van der Waals surface area contributed by atoms with Crippen LogP contribution in [0, 0.1) is 47.3 Å². The van der Waals surface area contributed by atoms with Crippen molar-refractivity contribution in [2.24, 2.45) is 52.4 Å². The van der Waals surface area contributed by atoms with Crippen LogP contribution in [0.25, 0.3) is 0 Å². The minimum atomic E-state index is -1.16. The highest BCUT2D eigenvalue weighted by atomic mass is 16.5. The lowest BCUT2D eigenvalue weighted by Crippen LogP contribution is -2.55. The number of hydrazone groups is 1. The lowest BCUT2D eigenvalue weighted by atomic mass is 9.47. The van der Waals surface area contributed by atoms with Crippen LogP contribution in [0.5, 0.6) is 5.75 Å². The number of carbonyl (C=O) groups excluding carboxylic acids is 4. The Morgan fingerprint density at radius 1 is 0.766 bits per heavy atom. The number of ether oxygens (including phenoxy) is 1. The van der Waals surface area contributed by atoms with Gasteiger partial charge in [0.2, 0.25) is 11.8 Å². The van der Waals surface area contributed by atoms with E-state index in [1.807, 2.05) is 55.5 Å². The number of hydrogen-bond acceptors (Lipinski definition) is 6. The first-order valence-electron chi connectivity index (χ1n) is 16.9. The van der Waals surface area contributed by atoms with Gasteiger partial charge in [-0.15, -0.1) is 0 Å². The Balaban J connectivity index is 1.11. The second-order valence-electron chi connectivity index (χ2n) is 14.3. The third-order valence-electron chi connectivity index (χ3n) is 12.3. The molecule has 0 spiro atoms. The van der Waals surface area contributed by atoms with Gasteiger partial charge in [0.1, 0.15) is 5.75 Å². The fourth-order valence-electron chi connectivity index (χ4n) is 10.4. The number of amides is 4. The zero-order valence-corrected chi connectivity index (χ0v) is 25.9. The van der Waals surface area contributed by atoms with Gasteiger partial charge in [0.15, 0.2) is 0 Å². The quantitative estimate of drug-likeness (QED) is 0.217. The van der Waals surface area contributed by atoms with Crippen molar-refractivity contribution in [1.82, 2.24) is 5.01 Å². The molecule has 234 valence electrons. The Kier molecular flexibility index (Phi) is 5.44. The van der Waals surface area contributed by atoms with Gasteiger partial charge in [-0.2, -0.15) is 10.1 Å². The van der Waals surface area contributed by atoms with Gasteiger partial charge in [-0.25, -0.2) is 4.90 Å². The van der Waals surface area contributed by atoms with E-state index in [9.17, 15) is 19.2 Å². The van der Waals surface area contributed by atoms with E-state index in [1.165, 1.54) is 4.90 Å². The lowest BCUT2D eigenvalue weighted by Gasteiger charge is -2.52. The molecule has 3 aromatic carbocycles. The number of benzene rings is 3. The van der Waals surface area contributed by atoms with Crippen LogP contribution in [-0.2, 0) is 24.6 Å². The zero-order valence-electron chi connectivity index (χ0n) is 25.9. The molecular formula is C39H33N3O5. The summed E-state index contributed by atoms with van der Waals surface area (Å²) in [5.41, 5.74) is 3.05. The van der Waals surface area contributed by atoms with Gasteiger partial charge in [-0.05, 0) is 83.0 Å². The van der Waals surface area contributed by atoms with Crippen LogP contribution in [-0.4, -0.2) is 41.5 Å². The molecule has 8 heteroatoms. The van der Waals surface area contributed by atoms with E-state index in [4.69, 9.17) is 9.84 Å². The molecule has 9 aliphatic rings. The summed E-state index contributed by atoms with van der Waals surface area (Å²) < 4.78 is 5.75. The van der Waals surface area contributed by atoms with Gasteiger partial charge < -0.3 is 4.74 Å². The van der Waals surface area contributed by atoms with E-state index >= 15 is 0 Å². The van der Waals surface area contributed by atoms with Crippen molar-refractivity contribution in [2.75, 3.05) is 11.5 Å². The van der Waals surface area contributed by atoms with Gasteiger partial charge in [0.25, 0.3) is 11.8 Å². The lowest BCUT2D eigenvalue weighted by molar-refractivity contribution is -0.140. The van der Waals surface area contributed by atoms with Crippen molar-refractivity contribution in [2.45, 2.75) is 31.1 Å². The molecule has 8 nitrogen and oxygen atoms in total. The van der Waals surface area contributed by atoms with Crippen LogP contribution in [0.15, 0.2) is 90.0 Å². The van der Waals surface area contributed by atoms with Crippen LogP contribution < -0.4 is 9.64 Å². The van der Waals surface area contributed by atoms with Gasteiger partial charge in [0.05, 0.1) is 41.4 Å². The van der Waals surface area contributed by atoms with Crippen molar-refractivity contribution < 1.29 is 23.9 Å². The zero-order chi connectivity index (χ0) is 31.8. The number of rotatable bonds is 6. The monoisotopic (exact) mass is 623 g/mol. The normalized spacial score (nSPS) is 36.5. The first kappa shape index (κ1) is 27.3. The highest BCUT2D eigenvalue weighted by molar-refractivity contribution is 6.25. The maximum absolute atomic E-state index is 14.7. The smallest absolute Gasteiger partial charge is 0.254 e. The summed E-state index contributed by atoms with van der Waals surface area (Å²) in [4.78, 5) is 58.5. The molecule has 0 radical (unpaired) electrons. The Labute approximate surface area is 272 Å². The van der Waals surface area contributed by atoms with Gasteiger partial charge >= 0.3 is 0 Å². The summed E-state index contributed by atoms with van der Waals surface area (Å²) in [7, 11) is 0. The van der Waals surface area contributed by atoms with E-state index < -0.39 is 17.3 Å². The van der Waals surface area contributed by atoms with Gasteiger partial charge in [0, 0.05) is 12.1 Å². The van der Waals surface area contributed by atoms with Crippen LogP contribution in [0.3, 0.4) is 0 Å². The SMILES string of the molecule is CCCOc1ccc(N2C(=O)[C@@H]3C4c5ccccc5C(/C=N\N5C(=O)[C@@H]6[C@H]7C=C[C@@H]([C@@H]8C[C@H]78)[C@H]6C5=O)(c5ccccc54)[C@@H]3C2=O)cc1. The summed E-state index contributed by atoms with van der Waals surface area (Å²) in [6.45, 7) is 2.61. The fourth-order valence-corrected chi connectivity index (χ4v) is 10.4. The van der Waals surface area contributed by atoms with Crippen molar-refractivity contribution in [3.63, 3.8) is 0 Å². The Morgan fingerprint density at radius 3 is 1.96 bits per heavy atom. The first-order chi connectivity index (χ1) is 23.0. The van der Waals surface area contributed by atoms with Crippen molar-refractivity contribution in [3.05, 3.63) is 107 Å². The van der Waals surface area contributed by atoms with Gasteiger partial charge in [-0.3, -0.25) is 19.2 Å². The molecule has 4 bridgehead atoms. The van der Waals surface area contributed by atoms with Crippen molar-refractivity contribution >= 4 is 35.5 Å². The molecule has 2 saturated heterocycles. The summed E-state index contributed by atoms with van der Waals surface area (Å²) in [6, 6.07) is 23.0. The molecule has 7 aliphatic carbocycles. The number of allylic oxidation sites excluding steroid dienone is 2. The van der Waals surface area contributed by atoms with Crippen LogP contribution in [0.1, 0.15) is 47.9 Å². The summed E-state index contributed by atoms with van der Waals surface area (Å²) in [5.74, 6) is -1.78. The second-order valence-corrected chi connectivity index (χ2v) is 14.3. The van der Waals surface area contributed by atoms with Crippen LogP contribution in [0.4, 0.5) is 5.69 Å². The molecule has 0 aromatic heterocycles. The molecule has 4 amide bonds. The van der Waals surface area contributed by atoms with Crippen molar-refractivity contribution in [1.29, 1.82) is 0 Å². The maximum Gasteiger partial charge on any atom is 0.254 e. The summed E-state index contributed by atoms with van der Waals surface area (Å²) in [5, 5.41) is 5.87. The minimum Gasteiger partial charge on any atom is -0.494 e. The van der Waals surface area contributed by atoms with Crippen LogP contribution in [0.2, 0.25) is 0 Å². The largest absolute Gasteiger partial charge is 0.494 e. The molecule has 0 N–H and O–H groups in total. The summed E-state index contributed by atoms with van der Waals surface area (Å²) >= 11 is 0. The average molecular weight is 624 g/mol. The number of carbonyl (C=O) groups is 4. The molecule has 2 heterocycles. The molecule has 2 aliphatic heterocycles. The third kappa shape index (κ3) is 3.30. The van der Waals surface area contributed by atoms with E-state index in [-0.39, 0.29) is 53.2 Å². The number of hydrogen-bond donors (Lipinski definition) is 0. The minimum absolute atomic E-state index is 0.0853. The van der Waals surface area contributed by atoms with Crippen LogP contribution >= 0.6 is 0 Å². The number of nitrogens with zero attached hydrogens (tertiary/aromatic N) is 3. The highest BCUT2D eigenvalue weighted by Gasteiger charge is 2.69. The molecule has 47 heavy (non-hydrogen) atoms. The molecule has 2 saturated carbocycles. The maximum atomic E-state index is 14.7. The molecule has 3 aromatic rings. The summed E-state index contributed by atoms with van der Waals surface area (Å²) in [6.07, 6.45) is 7.92. The van der Waals surface area contributed by atoms with Gasteiger partial charge in [-0.1, -0.05) is 67.6 Å². The second kappa shape index (κ2) is 9.37. The molecule has 8 atom stereocenters. The predicted octanol–water partition coefficient (Wildman–Crippen LogP) is 5.07. The van der Waals surface area contributed by atoms with E-state index in [1.54, 1.807) is 30.5 Å². The van der Waals surface area contributed by atoms with E-state index in [2.05, 4.69) is 12.2 Å². The third-order valence-corrected chi connectivity index (χ3v) is 12.3. The predicted molar refractivity (Wildman–Crippen MR) is 172 cm³/mol. The Bertz CT molecular complexity index is 1900. The highest BCUT2D eigenvalue weighted by Crippen LogP contribution is 2.66. The van der Waals surface area contributed by atoms with E-state index in [0.29, 0.717) is 29.9 Å². The molecule has 12 rings (SSSR count). The number of imide groups is 2. The topological polar surface area (TPSA) is 96.3 Å². The Morgan fingerprint density at radius 2 is 1.36 bits per heavy atom. The Hall–Kier alpha value is -4.85. The fraction of sp³-hybridized carbons (Fsp3) is 0.359. The van der Waals surface area contributed by atoms with E-state index in [0.717, 1.165) is 40.1 Å². The molecule has 0 unspecified atom stereocenters. The van der Waals surface area contributed by atoms with Crippen molar-refractivity contribution in [3.8, 4) is 5.75 Å². The molecular weight excluding hydrogens is 590 g/mol. The molecule has 4 fully saturated rings. The average Bonchev–Trinajstić information content (AvgIpc) is 3.84. The number of anilines is 1. The first-order valence-corrected chi connectivity index (χ1v) is 16.9.